The molecule has 0 unspecified atom stereocenters. The molecule has 0 N–H and O–H groups in total. The van der Waals surface area contributed by atoms with E-state index in [1.807, 2.05) is 42.4 Å². The zero-order chi connectivity index (χ0) is 23.4. The van der Waals surface area contributed by atoms with Crippen LogP contribution in [0.1, 0.15) is 36.7 Å². The first-order chi connectivity index (χ1) is 16.5. The van der Waals surface area contributed by atoms with Crippen LogP contribution in [0.5, 0.6) is 0 Å². The van der Waals surface area contributed by atoms with Crippen LogP contribution >= 0.6 is 11.6 Å². The van der Waals surface area contributed by atoms with Gasteiger partial charge in [-0.15, -0.1) is 10.2 Å². The number of nitrogens with zero attached hydrogens (tertiary/aromatic N) is 7. The van der Waals surface area contributed by atoms with Crippen molar-refractivity contribution in [3.05, 3.63) is 71.4 Å². The van der Waals surface area contributed by atoms with E-state index in [2.05, 4.69) is 25.1 Å². The molecular formula is C24H18ClF2N7. The SMILES string of the molecule is CN(c1cccc(-c2cnc(C3CC3)cn2)c1)c1nc2nnc(C(F)F)n2c2cccc(Cl)c12. The minimum Gasteiger partial charge on any atom is -0.329 e. The molecule has 1 aliphatic carbocycles. The van der Waals surface area contributed by atoms with Crippen LogP contribution in [0.3, 0.4) is 0 Å². The molecular weight excluding hydrogens is 460 g/mol. The quantitative estimate of drug-likeness (QED) is 0.310. The summed E-state index contributed by atoms with van der Waals surface area (Å²) in [7, 11) is 1.84. The Kier molecular flexibility index (Phi) is 4.88. The Labute approximate surface area is 198 Å². The van der Waals surface area contributed by atoms with Gasteiger partial charge in [-0.2, -0.15) is 4.98 Å². The van der Waals surface area contributed by atoms with Gasteiger partial charge in [0, 0.05) is 30.4 Å². The van der Waals surface area contributed by atoms with Gasteiger partial charge < -0.3 is 4.90 Å². The van der Waals surface area contributed by atoms with Crippen LogP contribution in [0.15, 0.2) is 54.9 Å². The Balaban J connectivity index is 1.46. The average molecular weight is 478 g/mol. The van der Waals surface area contributed by atoms with Crippen LogP contribution < -0.4 is 4.90 Å². The molecule has 0 amide bonds. The number of aromatic nitrogens is 6. The fourth-order valence-corrected chi connectivity index (χ4v) is 4.37. The highest BCUT2D eigenvalue weighted by atomic mass is 35.5. The van der Waals surface area contributed by atoms with Gasteiger partial charge in [0.05, 0.1) is 33.5 Å². The second-order valence-electron chi connectivity index (χ2n) is 8.27. The molecule has 1 aliphatic rings. The number of fused-ring (bicyclic) bond motifs is 3. The fourth-order valence-electron chi connectivity index (χ4n) is 4.12. The van der Waals surface area contributed by atoms with E-state index < -0.39 is 12.2 Å². The lowest BCUT2D eigenvalue weighted by Gasteiger charge is -2.22. The highest BCUT2D eigenvalue weighted by molar-refractivity contribution is 6.36. The van der Waals surface area contributed by atoms with Crippen molar-refractivity contribution < 1.29 is 8.78 Å². The second-order valence-corrected chi connectivity index (χ2v) is 8.68. The average Bonchev–Trinajstić information content (AvgIpc) is 3.61. The third-order valence-corrected chi connectivity index (χ3v) is 6.36. The largest absolute Gasteiger partial charge is 0.329 e. The molecule has 0 saturated heterocycles. The smallest absolute Gasteiger partial charge is 0.297 e. The van der Waals surface area contributed by atoms with Crippen LogP contribution in [0.25, 0.3) is 27.9 Å². The number of hydrogen-bond acceptors (Lipinski definition) is 6. The first-order valence-electron chi connectivity index (χ1n) is 10.8. The van der Waals surface area contributed by atoms with E-state index in [4.69, 9.17) is 11.6 Å². The summed E-state index contributed by atoms with van der Waals surface area (Å²) in [4.78, 5) is 15.6. The van der Waals surface area contributed by atoms with E-state index >= 15 is 0 Å². The van der Waals surface area contributed by atoms with E-state index in [1.54, 1.807) is 24.4 Å². The van der Waals surface area contributed by atoms with Crippen LogP contribution in [0.4, 0.5) is 20.3 Å². The summed E-state index contributed by atoms with van der Waals surface area (Å²) in [5, 5.41) is 8.45. The molecule has 0 bridgehead atoms. The summed E-state index contributed by atoms with van der Waals surface area (Å²) < 4.78 is 28.4. The summed E-state index contributed by atoms with van der Waals surface area (Å²) in [6.45, 7) is 0. The molecule has 0 atom stereocenters. The van der Waals surface area contributed by atoms with Gasteiger partial charge in [-0.05, 0) is 37.1 Å². The maximum atomic E-state index is 13.6. The van der Waals surface area contributed by atoms with Gasteiger partial charge in [0.25, 0.3) is 12.2 Å². The molecule has 0 spiro atoms. The standard InChI is InChI=1S/C24H18ClF2N7/c1-33(15-5-2-4-14(10-15)18-12-28-17(11-29-18)13-8-9-13)22-20-16(25)6-3-7-19(20)34-23(21(26)27)31-32-24(34)30-22/h2-7,10-13,21H,8-9H2,1H3. The topological polar surface area (TPSA) is 72.1 Å². The molecule has 0 aliphatic heterocycles. The first-order valence-corrected chi connectivity index (χ1v) is 11.2. The number of rotatable bonds is 5. The molecule has 3 aromatic heterocycles. The number of hydrogen-bond donors (Lipinski definition) is 0. The number of alkyl halides is 2. The van der Waals surface area contributed by atoms with Crippen molar-refractivity contribution >= 4 is 39.8 Å². The van der Waals surface area contributed by atoms with Gasteiger partial charge >= 0.3 is 0 Å². The molecule has 170 valence electrons. The van der Waals surface area contributed by atoms with E-state index in [1.165, 1.54) is 17.2 Å². The molecule has 34 heavy (non-hydrogen) atoms. The minimum absolute atomic E-state index is 0.0737. The van der Waals surface area contributed by atoms with Crippen molar-refractivity contribution in [1.82, 2.24) is 29.5 Å². The van der Waals surface area contributed by atoms with Crippen molar-refractivity contribution in [2.75, 3.05) is 11.9 Å². The molecule has 5 aromatic rings. The van der Waals surface area contributed by atoms with Crippen molar-refractivity contribution in [3.63, 3.8) is 0 Å². The van der Waals surface area contributed by atoms with Gasteiger partial charge in [0.1, 0.15) is 5.82 Å². The monoisotopic (exact) mass is 477 g/mol. The highest BCUT2D eigenvalue weighted by Crippen LogP contribution is 2.39. The van der Waals surface area contributed by atoms with Crippen molar-refractivity contribution in [2.24, 2.45) is 0 Å². The van der Waals surface area contributed by atoms with Crippen LogP contribution in [-0.2, 0) is 0 Å². The predicted octanol–water partition coefficient (Wildman–Crippen LogP) is 5.97. The third kappa shape index (κ3) is 3.43. The lowest BCUT2D eigenvalue weighted by molar-refractivity contribution is 0.139. The van der Waals surface area contributed by atoms with Gasteiger partial charge in [-0.1, -0.05) is 29.8 Å². The molecule has 2 aromatic carbocycles. The Bertz CT molecular complexity index is 1530. The molecule has 7 nitrogen and oxygen atoms in total. The Morgan fingerprint density at radius 2 is 1.88 bits per heavy atom. The van der Waals surface area contributed by atoms with Gasteiger partial charge in [0.2, 0.25) is 5.82 Å². The zero-order valence-electron chi connectivity index (χ0n) is 18.0. The second kappa shape index (κ2) is 7.95. The zero-order valence-corrected chi connectivity index (χ0v) is 18.8. The fraction of sp³-hybridized carbons (Fsp3) is 0.208. The maximum absolute atomic E-state index is 13.6. The maximum Gasteiger partial charge on any atom is 0.297 e. The normalized spacial score (nSPS) is 13.8. The Hall–Kier alpha value is -3.72. The van der Waals surface area contributed by atoms with Crippen LogP contribution in [-0.4, -0.2) is 36.6 Å². The lowest BCUT2D eigenvalue weighted by Crippen LogP contribution is -2.13. The minimum atomic E-state index is -2.80. The van der Waals surface area contributed by atoms with Gasteiger partial charge in [-0.3, -0.25) is 14.4 Å². The summed E-state index contributed by atoms with van der Waals surface area (Å²) in [6, 6.07) is 12.9. The van der Waals surface area contributed by atoms with E-state index in [-0.39, 0.29) is 5.78 Å². The highest BCUT2D eigenvalue weighted by Gasteiger charge is 2.25. The number of halogens is 3. The van der Waals surface area contributed by atoms with Crippen molar-refractivity contribution in [1.29, 1.82) is 0 Å². The Morgan fingerprint density at radius 1 is 1.06 bits per heavy atom. The third-order valence-electron chi connectivity index (χ3n) is 6.04. The molecule has 1 saturated carbocycles. The van der Waals surface area contributed by atoms with Gasteiger partial charge in [0.15, 0.2) is 0 Å². The Morgan fingerprint density at radius 3 is 2.62 bits per heavy atom. The molecule has 3 heterocycles. The van der Waals surface area contributed by atoms with E-state index in [9.17, 15) is 8.78 Å². The molecule has 1 fully saturated rings. The molecule has 0 radical (unpaired) electrons. The van der Waals surface area contributed by atoms with Crippen LogP contribution in [0.2, 0.25) is 5.02 Å². The summed E-state index contributed by atoms with van der Waals surface area (Å²) in [5.74, 6) is 0.623. The van der Waals surface area contributed by atoms with E-state index in [0.29, 0.717) is 27.7 Å². The molecule has 10 heteroatoms. The van der Waals surface area contributed by atoms with Gasteiger partial charge in [-0.25, -0.2) is 8.78 Å². The predicted molar refractivity (Wildman–Crippen MR) is 126 cm³/mol. The van der Waals surface area contributed by atoms with Crippen LogP contribution in [0, 0.1) is 0 Å². The summed E-state index contributed by atoms with van der Waals surface area (Å²) in [6.07, 6.45) is 3.19. The summed E-state index contributed by atoms with van der Waals surface area (Å²) in [5.41, 5.74) is 3.98. The van der Waals surface area contributed by atoms with Crippen molar-refractivity contribution in [2.45, 2.75) is 25.2 Å². The number of anilines is 2. The molecule has 6 rings (SSSR count). The van der Waals surface area contributed by atoms with E-state index in [0.717, 1.165) is 22.6 Å². The number of benzene rings is 2. The van der Waals surface area contributed by atoms with Crippen molar-refractivity contribution in [3.8, 4) is 11.3 Å². The summed E-state index contributed by atoms with van der Waals surface area (Å²) >= 11 is 6.54. The lowest BCUT2D eigenvalue weighted by atomic mass is 10.1. The first kappa shape index (κ1) is 20.9.